The van der Waals surface area contributed by atoms with Gasteiger partial charge < -0.3 is 9.26 Å². The van der Waals surface area contributed by atoms with Crippen molar-refractivity contribution in [2.45, 2.75) is 20.8 Å². The summed E-state index contributed by atoms with van der Waals surface area (Å²) in [5, 5.41) is 3.76. The van der Waals surface area contributed by atoms with E-state index in [2.05, 4.69) is 15.1 Å². The molecule has 0 aliphatic heterocycles. The van der Waals surface area contributed by atoms with Gasteiger partial charge in [0.15, 0.2) is 0 Å². The fourth-order valence-electron chi connectivity index (χ4n) is 1.58. The molecule has 0 aliphatic rings. The zero-order valence-electron chi connectivity index (χ0n) is 10.4. The normalized spacial score (nSPS) is 10.4. The number of carbonyl (C=O) groups excluding carboxylic acids is 1. The van der Waals surface area contributed by atoms with E-state index in [1.54, 1.807) is 6.92 Å². The van der Waals surface area contributed by atoms with Gasteiger partial charge in [-0.25, -0.2) is 4.79 Å². The molecule has 2 aromatic heterocycles. The zero-order valence-corrected chi connectivity index (χ0v) is 10.4. The molecule has 0 aromatic carbocycles. The SMILES string of the molecule is CCOC(=O)c1nc(-c2cc(C)nc(C)c2)no1. The van der Waals surface area contributed by atoms with Gasteiger partial charge in [-0.1, -0.05) is 5.16 Å². The summed E-state index contributed by atoms with van der Waals surface area (Å²) in [6, 6.07) is 3.65. The van der Waals surface area contributed by atoms with Gasteiger partial charge in [0.05, 0.1) is 6.61 Å². The smallest absolute Gasteiger partial charge is 0.397 e. The molecule has 2 heterocycles. The average Bonchev–Trinajstić information content (AvgIpc) is 2.77. The zero-order chi connectivity index (χ0) is 13.1. The van der Waals surface area contributed by atoms with Crippen LogP contribution in [0, 0.1) is 13.8 Å². The van der Waals surface area contributed by atoms with Crippen LogP contribution in [0.5, 0.6) is 0 Å². The maximum atomic E-state index is 11.4. The van der Waals surface area contributed by atoms with E-state index in [0.717, 1.165) is 17.0 Å². The van der Waals surface area contributed by atoms with Gasteiger partial charge in [0.25, 0.3) is 0 Å². The van der Waals surface area contributed by atoms with Crippen LogP contribution < -0.4 is 0 Å². The van der Waals surface area contributed by atoms with Crippen molar-refractivity contribution < 1.29 is 14.1 Å². The van der Waals surface area contributed by atoms with Crippen molar-refractivity contribution in [2.24, 2.45) is 0 Å². The van der Waals surface area contributed by atoms with Crippen LogP contribution in [0.1, 0.15) is 29.0 Å². The molecule has 6 nitrogen and oxygen atoms in total. The highest BCUT2D eigenvalue weighted by molar-refractivity contribution is 5.84. The van der Waals surface area contributed by atoms with E-state index in [-0.39, 0.29) is 12.5 Å². The summed E-state index contributed by atoms with van der Waals surface area (Å²) in [6.07, 6.45) is 0. The Balaban J connectivity index is 2.32. The quantitative estimate of drug-likeness (QED) is 0.771. The van der Waals surface area contributed by atoms with Crippen molar-refractivity contribution >= 4 is 5.97 Å². The summed E-state index contributed by atoms with van der Waals surface area (Å²) >= 11 is 0. The number of pyridine rings is 1. The molecule has 2 rings (SSSR count). The molecule has 0 saturated heterocycles. The molecule has 0 atom stereocenters. The van der Waals surface area contributed by atoms with E-state index in [9.17, 15) is 4.79 Å². The van der Waals surface area contributed by atoms with Gasteiger partial charge in [-0.05, 0) is 32.9 Å². The van der Waals surface area contributed by atoms with Gasteiger partial charge in [-0.2, -0.15) is 4.98 Å². The number of hydrogen-bond acceptors (Lipinski definition) is 6. The molecule has 6 heteroatoms. The second kappa shape index (κ2) is 4.95. The topological polar surface area (TPSA) is 78.1 Å². The molecule has 0 bridgehead atoms. The summed E-state index contributed by atoms with van der Waals surface area (Å²) in [7, 11) is 0. The first-order valence-corrected chi connectivity index (χ1v) is 5.56. The predicted molar refractivity (Wildman–Crippen MR) is 63.0 cm³/mol. The Kier molecular flexibility index (Phi) is 3.36. The first-order valence-electron chi connectivity index (χ1n) is 5.56. The molecule has 18 heavy (non-hydrogen) atoms. The van der Waals surface area contributed by atoms with Crippen molar-refractivity contribution in [3.05, 3.63) is 29.4 Å². The molecule has 0 N–H and O–H groups in total. The molecule has 2 aromatic rings. The van der Waals surface area contributed by atoms with E-state index < -0.39 is 5.97 Å². The Morgan fingerprint density at radius 3 is 2.56 bits per heavy atom. The van der Waals surface area contributed by atoms with Gasteiger partial charge >= 0.3 is 11.9 Å². The lowest BCUT2D eigenvalue weighted by molar-refractivity contribution is 0.0470. The second-order valence-corrected chi connectivity index (χ2v) is 3.78. The summed E-state index contributed by atoms with van der Waals surface area (Å²) in [5.74, 6) is -0.399. The highest BCUT2D eigenvalue weighted by atomic mass is 16.6. The fraction of sp³-hybridized carbons (Fsp3) is 0.333. The molecule has 0 spiro atoms. The summed E-state index contributed by atoms with van der Waals surface area (Å²) in [5.41, 5.74) is 2.47. The molecule has 0 saturated carbocycles. The first-order chi connectivity index (χ1) is 8.60. The molecule has 0 unspecified atom stereocenters. The molecule has 94 valence electrons. The van der Waals surface area contributed by atoms with Crippen molar-refractivity contribution in [1.29, 1.82) is 0 Å². The van der Waals surface area contributed by atoms with Crippen LogP contribution in [0.4, 0.5) is 0 Å². The van der Waals surface area contributed by atoms with E-state index >= 15 is 0 Å². The summed E-state index contributed by atoms with van der Waals surface area (Å²) in [4.78, 5) is 19.6. The third-order valence-corrected chi connectivity index (χ3v) is 2.22. The lowest BCUT2D eigenvalue weighted by atomic mass is 10.2. The van der Waals surface area contributed by atoms with E-state index in [4.69, 9.17) is 9.26 Å². The second-order valence-electron chi connectivity index (χ2n) is 3.78. The molecular formula is C12H13N3O3. The molecule has 0 radical (unpaired) electrons. The Bertz CT molecular complexity index is 557. The van der Waals surface area contributed by atoms with Gasteiger partial charge in [-0.15, -0.1) is 0 Å². The number of aromatic nitrogens is 3. The van der Waals surface area contributed by atoms with Crippen molar-refractivity contribution in [3.63, 3.8) is 0 Å². The number of nitrogens with zero attached hydrogens (tertiary/aromatic N) is 3. The fourth-order valence-corrected chi connectivity index (χ4v) is 1.58. The van der Waals surface area contributed by atoms with Crippen molar-refractivity contribution in [3.8, 4) is 11.4 Å². The minimum atomic E-state index is -0.612. The van der Waals surface area contributed by atoms with Crippen LogP contribution >= 0.6 is 0 Å². The highest BCUT2D eigenvalue weighted by Gasteiger charge is 2.17. The van der Waals surface area contributed by atoms with Crippen LogP contribution in [-0.4, -0.2) is 27.7 Å². The third kappa shape index (κ3) is 2.53. The maximum absolute atomic E-state index is 11.4. The minimum Gasteiger partial charge on any atom is -0.459 e. The van der Waals surface area contributed by atoms with Crippen molar-refractivity contribution in [2.75, 3.05) is 6.61 Å². The van der Waals surface area contributed by atoms with Crippen LogP contribution in [0.2, 0.25) is 0 Å². The summed E-state index contributed by atoms with van der Waals surface area (Å²) < 4.78 is 9.63. The summed E-state index contributed by atoms with van der Waals surface area (Å²) in [6.45, 7) is 5.74. The largest absolute Gasteiger partial charge is 0.459 e. The number of ether oxygens (including phenoxy) is 1. The number of rotatable bonds is 3. The number of esters is 1. The standard InChI is InChI=1S/C12H13N3O3/c1-4-17-12(16)11-14-10(15-18-11)9-5-7(2)13-8(3)6-9/h5-6H,4H2,1-3H3. The average molecular weight is 247 g/mol. The molecule has 0 fully saturated rings. The highest BCUT2D eigenvalue weighted by Crippen LogP contribution is 2.17. The number of aryl methyl sites for hydroxylation is 2. The van der Waals surface area contributed by atoms with E-state index in [1.807, 2.05) is 26.0 Å². The van der Waals surface area contributed by atoms with E-state index in [1.165, 1.54) is 0 Å². The Labute approximate surface area is 104 Å². The van der Waals surface area contributed by atoms with Crippen LogP contribution in [-0.2, 0) is 4.74 Å². The minimum absolute atomic E-state index is 0.140. The van der Waals surface area contributed by atoms with E-state index in [0.29, 0.717) is 5.82 Å². The lowest BCUT2D eigenvalue weighted by Gasteiger charge is -1.98. The third-order valence-electron chi connectivity index (χ3n) is 2.22. The van der Waals surface area contributed by atoms with Crippen molar-refractivity contribution in [1.82, 2.24) is 15.1 Å². The monoisotopic (exact) mass is 247 g/mol. The Morgan fingerprint density at radius 1 is 1.28 bits per heavy atom. The van der Waals surface area contributed by atoms with Crippen LogP contribution in [0.25, 0.3) is 11.4 Å². The van der Waals surface area contributed by atoms with Gasteiger partial charge in [0.2, 0.25) is 5.82 Å². The number of carbonyl (C=O) groups is 1. The van der Waals surface area contributed by atoms with Gasteiger partial charge in [0.1, 0.15) is 0 Å². The van der Waals surface area contributed by atoms with Gasteiger partial charge in [0, 0.05) is 17.0 Å². The van der Waals surface area contributed by atoms with Crippen LogP contribution in [0.3, 0.4) is 0 Å². The Morgan fingerprint density at radius 2 is 1.94 bits per heavy atom. The molecular weight excluding hydrogens is 234 g/mol. The first kappa shape index (κ1) is 12.2. The Hall–Kier alpha value is -2.24. The molecule has 0 aliphatic carbocycles. The van der Waals surface area contributed by atoms with Crippen LogP contribution in [0.15, 0.2) is 16.7 Å². The predicted octanol–water partition coefficient (Wildman–Crippen LogP) is 1.93. The maximum Gasteiger partial charge on any atom is 0.397 e. The number of hydrogen-bond donors (Lipinski definition) is 0. The van der Waals surface area contributed by atoms with Gasteiger partial charge in [-0.3, -0.25) is 4.98 Å². The lowest BCUT2D eigenvalue weighted by Crippen LogP contribution is -2.04. The molecule has 0 amide bonds.